The fourth-order valence-corrected chi connectivity index (χ4v) is 3.22. The van der Waals surface area contributed by atoms with Crippen LogP contribution in [0.2, 0.25) is 0 Å². The summed E-state index contributed by atoms with van der Waals surface area (Å²) in [6.07, 6.45) is 0.189. The van der Waals surface area contributed by atoms with E-state index in [1.54, 1.807) is 0 Å². The van der Waals surface area contributed by atoms with Gasteiger partial charge in [-0.15, -0.1) is 0 Å². The minimum absolute atomic E-state index is 0.0883. The third kappa shape index (κ3) is 4.62. The zero-order valence-corrected chi connectivity index (χ0v) is 12.9. The maximum atomic E-state index is 11.6. The number of piperidine rings is 1. The molecule has 0 aromatic rings. The van der Waals surface area contributed by atoms with E-state index in [0.717, 1.165) is 10.8 Å². The van der Waals surface area contributed by atoms with Crippen molar-refractivity contribution in [2.24, 2.45) is 11.8 Å². The Hall–Kier alpha value is -0.530. The van der Waals surface area contributed by atoms with Gasteiger partial charge in [-0.2, -0.15) is 0 Å². The summed E-state index contributed by atoms with van der Waals surface area (Å²) in [6, 6.07) is 0. The number of hydrogen-bond acceptors (Lipinski definition) is 3. The molecule has 0 aromatic carbocycles. The van der Waals surface area contributed by atoms with Crippen LogP contribution in [0.15, 0.2) is 0 Å². The Labute approximate surface area is 121 Å². The highest BCUT2D eigenvalue weighted by Crippen LogP contribution is 2.28. The lowest BCUT2D eigenvalue weighted by atomic mass is 9.84. The first-order chi connectivity index (χ1) is 8.43. The standard InChI is InChI=1S/C12H20INO4/c1-8(2)18-11(15)5-9-3-4-14(12(16)17)7-10(9)6-13/h8-10H,3-7H2,1-2H3,(H,16,17)/t9-,10?/m0/s1. The summed E-state index contributed by atoms with van der Waals surface area (Å²) in [6.45, 7) is 4.71. The van der Waals surface area contributed by atoms with Crippen LogP contribution in [0.5, 0.6) is 0 Å². The monoisotopic (exact) mass is 369 g/mol. The highest BCUT2D eigenvalue weighted by Gasteiger charge is 2.32. The number of amides is 1. The van der Waals surface area contributed by atoms with Gasteiger partial charge in [0.25, 0.3) is 0 Å². The maximum absolute atomic E-state index is 11.6. The average Bonchev–Trinajstić information content (AvgIpc) is 2.27. The lowest BCUT2D eigenvalue weighted by Crippen LogP contribution is -2.44. The summed E-state index contributed by atoms with van der Waals surface area (Å²) >= 11 is 2.26. The molecule has 1 aliphatic heterocycles. The summed E-state index contributed by atoms with van der Waals surface area (Å²) in [5, 5.41) is 8.97. The Morgan fingerprint density at radius 3 is 2.61 bits per heavy atom. The zero-order chi connectivity index (χ0) is 13.7. The molecule has 1 aliphatic rings. The van der Waals surface area contributed by atoms with E-state index in [9.17, 15) is 9.59 Å². The molecule has 0 saturated carbocycles. The van der Waals surface area contributed by atoms with Crippen molar-refractivity contribution < 1.29 is 19.4 Å². The van der Waals surface area contributed by atoms with Crippen LogP contribution in [0.4, 0.5) is 4.79 Å². The molecular formula is C12H20INO4. The van der Waals surface area contributed by atoms with Gasteiger partial charge in [0.05, 0.1) is 6.10 Å². The molecule has 0 spiro atoms. The van der Waals surface area contributed by atoms with Gasteiger partial charge in [-0.3, -0.25) is 4.79 Å². The smallest absolute Gasteiger partial charge is 0.407 e. The Morgan fingerprint density at radius 2 is 2.11 bits per heavy atom. The van der Waals surface area contributed by atoms with Gasteiger partial charge < -0.3 is 14.7 Å². The van der Waals surface area contributed by atoms with Crippen LogP contribution in [0.3, 0.4) is 0 Å². The average molecular weight is 369 g/mol. The number of carbonyl (C=O) groups is 2. The highest BCUT2D eigenvalue weighted by molar-refractivity contribution is 14.1. The number of alkyl halides is 1. The Morgan fingerprint density at radius 1 is 1.44 bits per heavy atom. The Kier molecular flexibility index (Phi) is 6.17. The van der Waals surface area contributed by atoms with E-state index in [0.29, 0.717) is 19.5 Å². The van der Waals surface area contributed by atoms with Gasteiger partial charge in [-0.25, -0.2) is 4.79 Å². The maximum Gasteiger partial charge on any atom is 0.407 e. The second-order valence-corrected chi connectivity index (χ2v) is 5.82. The highest BCUT2D eigenvalue weighted by atomic mass is 127. The number of hydrogen-bond donors (Lipinski definition) is 1. The van der Waals surface area contributed by atoms with E-state index in [1.807, 2.05) is 13.8 Å². The number of ether oxygens (including phenoxy) is 1. The fourth-order valence-electron chi connectivity index (χ4n) is 2.22. The summed E-state index contributed by atoms with van der Waals surface area (Å²) in [5.41, 5.74) is 0. The molecule has 0 bridgehead atoms. The van der Waals surface area contributed by atoms with Crippen LogP contribution in [0.25, 0.3) is 0 Å². The van der Waals surface area contributed by atoms with Crippen LogP contribution in [-0.2, 0) is 9.53 Å². The lowest BCUT2D eigenvalue weighted by Gasteiger charge is -2.36. The zero-order valence-electron chi connectivity index (χ0n) is 10.8. The van der Waals surface area contributed by atoms with Crippen LogP contribution in [0.1, 0.15) is 26.7 Å². The van der Waals surface area contributed by atoms with Gasteiger partial charge in [0, 0.05) is 23.9 Å². The molecule has 1 N–H and O–H groups in total. The van der Waals surface area contributed by atoms with E-state index in [2.05, 4.69) is 22.6 Å². The van der Waals surface area contributed by atoms with Crippen LogP contribution >= 0.6 is 22.6 Å². The Balaban J connectivity index is 2.51. The number of nitrogens with zero attached hydrogens (tertiary/aromatic N) is 1. The third-order valence-corrected chi connectivity index (χ3v) is 4.29. The normalized spacial score (nSPS) is 24.1. The molecule has 0 radical (unpaired) electrons. The van der Waals surface area contributed by atoms with Crippen molar-refractivity contribution in [1.82, 2.24) is 4.90 Å². The third-order valence-electron chi connectivity index (χ3n) is 3.16. The van der Waals surface area contributed by atoms with Crippen molar-refractivity contribution in [3.8, 4) is 0 Å². The van der Waals surface area contributed by atoms with Crippen LogP contribution in [0, 0.1) is 11.8 Å². The molecule has 1 amide bonds. The second-order valence-electron chi connectivity index (χ2n) is 4.93. The fraction of sp³-hybridized carbons (Fsp3) is 0.833. The molecule has 104 valence electrons. The van der Waals surface area contributed by atoms with E-state index in [-0.39, 0.29) is 23.9 Å². The summed E-state index contributed by atoms with van der Waals surface area (Å²) in [7, 11) is 0. The SMILES string of the molecule is CC(C)OC(=O)C[C@@H]1CCN(C(=O)O)CC1CI. The first-order valence-electron chi connectivity index (χ1n) is 6.17. The molecule has 0 aromatic heterocycles. The van der Waals surface area contributed by atoms with Gasteiger partial charge in [0.2, 0.25) is 0 Å². The second kappa shape index (κ2) is 7.16. The molecule has 1 rings (SSSR count). The molecule has 18 heavy (non-hydrogen) atoms. The largest absolute Gasteiger partial charge is 0.465 e. The van der Waals surface area contributed by atoms with Crippen LogP contribution in [-0.4, -0.2) is 45.7 Å². The molecule has 5 nitrogen and oxygen atoms in total. The number of rotatable bonds is 4. The molecule has 0 aliphatic carbocycles. The number of likely N-dealkylation sites (tertiary alicyclic amines) is 1. The predicted octanol–water partition coefficient (Wildman–Crippen LogP) is 2.38. The molecular weight excluding hydrogens is 349 g/mol. The van der Waals surface area contributed by atoms with Gasteiger partial charge in [0.15, 0.2) is 0 Å². The lowest BCUT2D eigenvalue weighted by molar-refractivity contribution is -0.149. The number of carboxylic acid groups (broad SMARTS) is 1. The predicted molar refractivity (Wildman–Crippen MR) is 75.9 cm³/mol. The van der Waals surface area contributed by atoms with Crippen LogP contribution < -0.4 is 0 Å². The van der Waals surface area contributed by atoms with E-state index >= 15 is 0 Å². The van der Waals surface area contributed by atoms with Crippen molar-refractivity contribution in [2.75, 3.05) is 17.5 Å². The van der Waals surface area contributed by atoms with E-state index < -0.39 is 6.09 Å². The van der Waals surface area contributed by atoms with Crippen molar-refractivity contribution in [1.29, 1.82) is 0 Å². The van der Waals surface area contributed by atoms with E-state index in [4.69, 9.17) is 9.84 Å². The van der Waals surface area contributed by atoms with Gasteiger partial charge in [-0.1, -0.05) is 22.6 Å². The van der Waals surface area contributed by atoms with E-state index in [1.165, 1.54) is 4.90 Å². The quantitative estimate of drug-likeness (QED) is 0.470. The first kappa shape index (κ1) is 15.5. The van der Waals surface area contributed by atoms with Crippen molar-refractivity contribution in [3.05, 3.63) is 0 Å². The Bertz CT molecular complexity index is 308. The van der Waals surface area contributed by atoms with Crippen molar-refractivity contribution in [2.45, 2.75) is 32.8 Å². The first-order valence-corrected chi connectivity index (χ1v) is 7.70. The number of esters is 1. The molecule has 2 atom stereocenters. The van der Waals surface area contributed by atoms with Crippen molar-refractivity contribution in [3.63, 3.8) is 0 Å². The van der Waals surface area contributed by atoms with Crippen molar-refractivity contribution >= 4 is 34.7 Å². The molecule has 1 fully saturated rings. The molecule has 1 heterocycles. The van der Waals surface area contributed by atoms with Gasteiger partial charge >= 0.3 is 12.1 Å². The van der Waals surface area contributed by atoms with Gasteiger partial charge in [0.1, 0.15) is 0 Å². The number of carbonyl (C=O) groups excluding carboxylic acids is 1. The van der Waals surface area contributed by atoms with Gasteiger partial charge in [-0.05, 0) is 32.1 Å². The topological polar surface area (TPSA) is 66.8 Å². The molecule has 1 unspecified atom stereocenters. The molecule has 6 heteroatoms. The summed E-state index contributed by atoms with van der Waals surface area (Å²) in [4.78, 5) is 24.0. The summed E-state index contributed by atoms with van der Waals surface area (Å²) in [5.74, 6) is 0.313. The molecule has 1 saturated heterocycles. The minimum Gasteiger partial charge on any atom is -0.465 e. The minimum atomic E-state index is -0.868. The summed E-state index contributed by atoms with van der Waals surface area (Å²) < 4.78 is 6.01. The number of halogens is 1.